The Kier molecular flexibility index (Phi) is 2.17. The fourth-order valence-electron chi connectivity index (χ4n) is 4.53. The Morgan fingerprint density at radius 3 is 2.86 bits per heavy atom. The molecule has 5 atom stereocenters. The third-order valence-electron chi connectivity index (χ3n) is 5.45. The maximum Gasteiger partial charge on any atom is 0.231 e. The van der Waals surface area contributed by atoms with Crippen LogP contribution in [0.5, 0.6) is 11.5 Å². The van der Waals surface area contributed by atoms with Gasteiger partial charge in [0.25, 0.3) is 0 Å². The predicted octanol–water partition coefficient (Wildman–Crippen LogP) is 0.533. The number of aliphatic hydroxyl groups excluding tert-OH is 2. The van der Waals surface area contributed by atoms with Gasteiger partial charge in [0.2, 0.25) is 6.79 Å². The Bertz CT molecular complexity index is 658. The molecule has 21 heavy (non-hydrogen) atoms. The fourth-order valence-corrected chi connectivity index (χ4v) is 4.53. The fraction of sp³-hybridized carbons (Fsp3) is 0.500. The molecule has 3 aliphatic heterocycles. The molecule has 1 aromatic carbocycles. The van der Waals surface area contributed by atoms with Gasteiger partial charge in [0.15, 0.2) is 11.5 Å². The first-order valence-corrected chi connectivity index (χ1v) is 7.41. The number of benzene rings is 1. The van der Waals surface area contributed by atoms with E-state index < -0.39 is 17.6 Å². The van der Waals surface area contributed by atoms with Crippen LogP contribution in [0.1, 0.15) is 17.5 Å². The van der Waals surface area contributed by atoms with Crippen molar-refractivity contribution in [3.63, 3.8) is 0 Å². The first kappa shape index (κ1) is 12.0. The van der Waals surface area contributed by atoms with E-state index in [4.69, 9.17) is 9.47 Å². The topological polar surface area (TPSA) is 62.2 Å². The largest absolute Gasteiger partial charge is 0.454 e. The maximum atomic E-state index is 10.7. The standard InChI is InChI=1S/C16H17NO4/c18-10-1-2-16-11-5-13-12(20-8-21-13)3-9(11)6-17(7-15(16)19)14(16)4-10/h1-3,5,10,14-15,18-19H,4,6-8H2/t10-,14-,15-,16+/m0/s1. The van der Waals surface area contributed by atoms with Gasteiger partial charge >= 0.3 is 0 Å². The second kappa shape index (κ2) is 3.80. The van der Waals surface area contributed by atoms with Gasteiger partial charge in [-0.2, -0.15) is 0 Å². The van der Waals surface area contributed by atoms with Crippen molar-refractivity contribution in [3.05, 3.63) is 35.4 Å². The van der Waals surface area contributed by atoms with Crippen LogP contribution >= 0.6 is 0 Å². The van der Waals surface area contributed by atoms with Crippen LogP contribution in [-0.2, 0) is 12.0 Å². The van der Waals surface area contributed by atoms with Gasteiger partial charge in [-0.25, -0.2) is 0 Å². The molecule has 0 spiro atoms. The molecular weight excluding hydrogens is 270 g/mol. The summed E-state index contributed by atoms with van der Waals surface area (Å²) in [5.41, 5.74) is 1.89. The van der Waals surface area contributed by atoms with Crippen LogP contribution in [0, 0.1) is 0 Å². The summed E-state index contributed by atoms with van der Waals surface area (Å²) in [7, 11) is 0. The number of rotatable bonds is 0. The van der Waals surface area contributed by atoms with E-state index in [-0.39, 0.29) is 12.8 Å². The molecule has 1 aromatic rings. The van der Waals surface area contributed by atoms with E-state index in [0.29, 0.717) is 13.0 Å². The highest BCUT2D eigenvalue weighted by Gasteiger charge is 2.58. The molecule has 2 bridgehead atoms. The maximum absolute atomic E-state index is 10.7. The lowest BCUT2D eigenvalue weighted by molar-refractivity contribution is 0.0937. The highest BCUT2D eigenvalue weighted by Crippen LogP contribution is 2.53. The molecule has 5 rings (SSSR count). The van der Waals surface area contributed by atoms with Gasteiger partial charge in [-0.05, 0) is 29.7 Å². The molecule has 1 saturated heterocycles. The lowest BCUT2D eigenvalue weighted by Gasteiger charge is -2.45. The van der Waals surface area contributed by atoms with E-state index in [1.54, 1.807) is 0 Å². The zero-order chi connectivity index (χ0) is 14.2. The first-order chi connectivity index (χ1) is 10.2. The smallest absolute Gasteiger partial charge is 0.231 e. The van der Waals surface area contributed by atoms with Gasteiger partial charge in [0, 0.05) is 19.1 Å². The van der Waals surface area contributed by atoms with Crippen molar-refractivity contribution in [2.75, 3.05) is 13.3 Å². The van der Waals surface area contributed by atoms with Gasteiger partial charge in [-0.15, -0.1) is 0 Å². The van der Waals surface area contributed by atoms with E-state index in [0.717, 1.165) is 23.6 Å². The summed E-state index contributed by atoms with van der Waals surface area (Å²) in [6, 6.07) is 4.22. The van der Waals surface area contributed by atoms with Crippen LogP contribution in [-0.4, -0.2) is 46.7 Å². The van der Waals surface area contributed by atoms with E-state index in [1.807, 2.05) is 24.3 Å². The lowest BCUT2D eigenvalue weighted by Crippen LogP contribution is -2.52. The normalized spacial score (nSPS) is 41.8. The zero-order valence-corrected chi connectivity index (χ0v) is 11.5. The van der Waals surface area contributed by atoms with Crippen molar-refractivity contribution in [2.24, 2.45) is 0 Å². The third kappa shape index (κ3) is 1.36. The lowest BCUT2D eigenvalue weighted by atomic mass is 9.65. The molecule has 5 nitrogen and oxygen atoms in total. The monoisotopic (exact) mass is 287 g/mol. The number of fused-ring (bicyclic) bond motifs is 2. The molecule has 4 aliphatic rings. The van der Waals surface area contributed by atoms with Crippen molar-refractivity contribution in [1.29, 1.82) is 0 Å². The molecule has 110 valence electrons. The van der Waals surface area contributed by atoms with Crippen molar-refractivity contribution in [1.82, 2.24) is 4.90 Å². The Labute approximate surface area is 122 Å². The highest BCUT2D eigenvalue weighted by atomic mass is 16.7. The second-order valence-corrected chi connectivity index (χ2v) is 6.42. The highest BCUT2D eigenvalue weighted by molar-refractivity contribution is 5.56. The number of hydrogen-bond acceptors (Lipinski definition) is 5. The Morgan fingerprint density at radius 1 is 1.19 bits per heavy atom. The van der Waals surface area contributed by atoms with Crippen LogP contribution in [0.15, 0.2) is 24.3 Å². The minimum Gasteiger partial charge on any atom is -0.454 e. The number of aliphatic hydroxyl groups is 2. The van der Waals surface area contributed by atoms with Crippen LogP contribution in [0.25, 0.3) is 0 Å². The minimum absolute atomic E-state index is 0.153. The molecule has 0 aromatic heterocycles. The Hall–Kier alpha value is -1.56. The molecule has 1 unspecified atom stereocenters. The zero-order valence-electron chi connectivity index (χ0n) is 11.5. The van der Waals surface area contributed by atoms with Crippen LogP contribution in [0.3, 0.4) is 0 Å². The minimum atomic E-state index is -0.451. The van der Waals surface area contributed by atoms with Crippen LogP contribution < -0.4 is 9.47 Å². The summed E-state index contributed by atoms with van der Waals surface area (Å²) in [5.74, 6) is 1.55. The van der Waals surface area contributed by atoms with E-state index in [1.165, 1.54) is 5.56 Å². The van der Waals surface area contributed by atoms with E-state index in [9.17, 15) is 10.2 Å². The molecule has 0 saturated carbocycles. The Balaban J connectivity index is 1.76. The summed E-state index contributed by atoms with van der Waals surface area (Å²) >= 11 is 0. The molecule has 2 N–H and O–H groups in total. The van der Waals surface area contributed by atoms with E-state index in [2.05, 4.69) is 4.90 Å². The average molecular weight is 287 g/mol. The third-order valence-corrected chi connectivity index (χ3v) is 5.45. The summed E-state index contributed by atoms with van der Waals surface area (Å²) in [4.78, 5) is 2.28. The van der Waals surface area contributed by atoms with Gasteiger partial charge in [0.05, 0.1) is 17.6 Å². The number of hydrogen-bond donors (Lipinski definition) is 2. The van der Waals surface area contributed by atoms with Crippen molar-refractivity contribution in [3.8, 4) is 11.5 Å². The van der Waals surface area contributed by atoms with E-state index >= 15 is 0 Å². The van der Waals surface area contributed by atoms with Gasteiger partial charge < -0.3 is 19.7 Å². The van der Waals surface area contributed by atoms with Gasteiger partial charge in [-0.1, -0.05) is 12.2 Å². The second-order valence-electron chi connectivity index (χ2n) is 6.42. The SMILES string of the molecule is O[C@H]1C=C[C@]23c4cc5c(cc4CN(C[C@@H]2O)[C@H]3C1)OCO5. The van der Waals surface area contributed by atoms with Gasteiger partial charge in [0.1, 0.15) is 0 Å². The molecule has 0 radical (unpaired) electrons. The van der Waals surface area contributed by atoms with Gasteiger partial charge in [-0.3, -0.25) is 4.90 Å². The van der Waals surface area contributed by atoms with Crippen LogP contribution in [0.4, 0.5) is 0 Å². The molecule has 1 aliphatic carbocycles. The predicted molar refractivity (Wildman–Crippen MR) is 74.2 cm³/mol. The summed E-state index contributed by atoms with van der Waals surface area (Å²) < 4.78 is 11.0. The summed E-state index contributed by atoms with van der Waals surface area (Å²) in [6.45, 7) is 1.69. The molecule has 0 amide bonds. The van der Waals surface area contributed by atoms with Crippen molar-refractivity contribution < 1.29 is 19.7 Å². The number of ether oxygens (including phenoxy) is 2. The average Bonchev–Trinajstić information content (AvgIpc) is 2.99. The molecule has 5 heteroatoms. The quantitative estimate of drug-likeness (QED) is 0.682. The first-order valence-electron chi connectivity index (χ1n) is 7.41. The molecule has 3 heterocycles. The van der Waals surface area contributed by atoms with Crippen molar-refractivity contribution >= 4 is 0 Å². The molecular formula is C16H17NO4. The van der Waals surface area contributed by atoms with Crippen LogP contribution in [0.2, 0.25) is 0 Å². The molecule has 1 fully saturated rings. The van der Waals surface area contributed by atoms with Crippen molar-refractivity contribution in [2.45, 2.75) is 36.6 Å². The summed E-state index contributed by atoms with van der Waals surface area (Å²) in [5, 5.41) is 20.7. The summed E-state index contributed by atoms with van der Waals surface area (Å²) in [6.07, 6.45) is 3.63. The number of nitrogens with zero attached hydrogens (tertiary/aromatic N) is 1. The Morgan fingerprint density at radius 2 is 2.00 bits per heavy atom.